The van der Waals surface area contributed by atoms with E-state index in [0.29, 0.717) is 11.2 Å². The smallest absolute Gasteiger partial charge is 0.456 e. The van der Waals surface area contributed by atoms with Gasteiger partial charge in [-0.15, -0.1) is 22.9 Å². The predicted molar refractivity (Wildman–Crippen MR) is 82.6 cm³/mol. The Morgan fingerprint density at radius 2 is 1.04 bits per heavy atom. The third-order valence-corrected chi connectivity index (χ3v) is 2.93. The fraction of sp³-hybridized carbons (Fsp3) is 0. The van der Waals surface area contributed by atoms with Crippen LogP contribution in [0.2, 0.25) is 0 Å². The predicted octanol–water partition coefficient (Wildman–Crippen LogP) is 3.18. The van der Waals surface area contributed by atoms with E-state index in [9.17, 15) is 9.59 Å². The molecule has 4 nitrogen and oxygen atoms in total. The molecule has 0 unspecified atom stereocenters. The zero-order chi connectivity index (χ0) is 15.4. The van der Waals surface area contributed by atoms with E-state index < -0.39 is 11.3 Å². The Labute approximate surface area is 144 Å². The monoisotopic (exact) mass is 354 g/mol. The molecule has 0 saturated carbocycles. The van der Waals surface area contributed by atoms with Crippen LogP contribution in [-0.2, 0) is 19.5 Å². The van der Waals surface area contributed by atoms with Crippen LogP contribution in [0.25, 0.3) is 21.9 Å². The van der Waals surface area contributed by atoms with Crippen molar-refractivity contribution in [1.82, 2.24) is 0 Å². The third kappa shape index (κ3) is 4.24. The van der Waals surface area contributed by atoms with E-state index >= 15 is 0 Å². The van der Waals surface area contributed by atoms with Gasteiger partial charge in [0, 0.05) is 0 Å². The van der Waals surface area contributed by atoms with E-state index in [0.717, 1.165) is 10.8 Å². The maximum absolute atomic E-state index is 10.7. The minimum absolute atomic E-state index is 0. The summed E-state index contributed by atoms with van der Waals surface area (Å²) in [6, 6.07) is 22.8. The quantitative estimate of drug-likeness (QED) is 0.276. The average molecular weight is 356 g/mol. The summed E-state index contributed by atoms with van der Waals surface area (Å²) in [5.41, 5.74) is 0.361. The molecular formula is C18H10O4Zn. The van der Waals surface area contributed by atoms with Gasteiger partial charge in [-0.3, -0.25) is 9.59 Å². The van der Waals surface area contributed by atoms with Crippen molar-refractivity contribution in [3.8, 4) is 0 Å². The van der Waals surface area contributed by atoms with Gasteiger partial charge in [-0.25, -0.2) is 12.1 Å². The van der Waals surface area contributed by atoms with Crippen molar-refractivity contribution in [3.63, 3.8) is 0 Å². The SMILES string of the molecule is O=c1[c-]cc2ccccc2o1.O=c1[c-]cc2ccccc2o1.[Zn+2]. The van der Waals surface area contributed by atoms with Gasteiger partial charge >= 0.3 is 19.5 Å². The Hall–Kier alpha value is -2.52. The van der Waals surface area contributed by atoms with E-state index in [1.54, 1.807) is 24.3 Å². The second-order valence-corrected chi connectivity index (χ2v) is 4.43. The molecule has 2 aromatic heterocycles. The summed E-state index contributed by atoms with van der Waals surface area (Å²) in [4.78, 5) is 21.3. The first-order chi connectivity index (χ1) is 10.7. The van der Waals surface area contributed by atoms with Gasteiger partial charge in [-0.1, -0.05) is 24.3 Å². The molecule has 2 heterocycles. The van der Waals surface area contributed by atoms with Crippen LogP contribution in [0.15, 0.2) is 79.1 Å². The molecule has 0 N–H and O–H groups in total. The molecule has 0 aliphatic heterocycles. The molecule has 0 amide bonds. The first kappa shape index (κ1) is 16.8. The second kappa shape index (κ2) is 7.66. The summed E-state index contributed by atoms with van der Waals surface area (Å²) in [5.74, 6) is 0. The number of benzene rings is 2. The standard InChI is InChI=1S/2C9H5O2.Zn/c2*10-9-6-5-7-3-1-2-4-8(7)11-9;/h2*1-5H;/q2*-1;+2. The van der Waals surface area contributed by atoms with E-state index in [2.05, 4.69) is 12.1 Å². The topological polar surface area (TPSA) is 60.4 Å². The van der Waals surface area contributed by atoms with Gasteiger partial charge < -0.3 is 8.83 Å². The van der Waals surface area contributed by atoms with Crippen molar-refractivity contribution in [3.05, 3.63) is 93.6 Å². The fourth-order valence-corrected chi connectivity index (χ4v) is 1.92. The van der Waals surface area contributed by atoms with Crippen LogP contribution in [0.5, 0.6) is 0 Å². The van der Waals surface area contributed by atoms with Crippen molar-refractivity contribution >= 4 is 21.9 Å². The van der Waals surface area contributed by atoms with Crippen molar-refractivity contribution in [2.45, 2.75) is 0 Å². The number of fused-ring (bicyclic) bond motifs is 2. The van der Waals surface area contributed by atoms with Gasteiger partial charge in [0.2, 0.25) is 11.3 Å². The minimum Gasteiger partial charge on any atom is -0.456 e. The summed E-state index contributed by atoms with van der Waals surface area (Å²) in [6.45, 7) is 0. The molecule has 4 rings (SSSR count). The Morgan fingerprint density at radius 3 is 1.48 bits per heavy atom. The van der Waals surface area contributed by atoms with Crippen molar-refractivity contribution < 1.29 is 28.3 Å². The Kier molecular flexibility index (Phi) is 5.61. The number of hydrogen-bond donors (Lipinski definition) is 0. The van der Waals surface area contributed by atoms with Crippen molar-refractivity contribution in [2.75, 3.05) is 0 Å². The maximum atomic E-state index is 10.7. The Morgan fingerprint density at radius 1 is 0.652 bits per heavy atom. The van der Waals surface area contributed by atoms with Crippen LogP contribution in [0.3, 0.4) is 0 Å². The zero-order valence-corrected chi connectivity index (χ0v) is 15.1. The van der Waals surface area contributed by atoms with Gasteiger partial charge in [0.15, 0.2) is 0 Å². The van der Waals surface area contributed by atoms with Gasteiger partial charge in [0.25, 0.3) is 0 Å². The molecule has 0 fully saturated rings. The van der Waals surface area contributed by atoms with E-state index in [1.807, 2.05) is 36.4 Å². The van der Waals surface area contributed by atoms with Crippen LogP contribution < -0.4 is 11.3 Å². The Bertz CT molecular complexity index is 948. The summed E-state index contributed by atoms with van der Waals surface area (Å²) in [7, 11) is 0. The molecule has 0 bridgehead atoms. The molecule has 23 heavy (non-hydrogen) atoms. The van der Waals surface area contributed by atoms with Crippen LogP contribution in [0.1, 0.15) is 0 Å². The maximum Gasteiger partial charge on any atom is 2.00 e. The van der Waals surface area contributed by atoms with Crippen LogP contribution in [0, 0.1) is 12.1 Å². The molecule has 2 aromatic carbocycles. The summed E-state index contributed by atoms with van der Waals surface area (Å²) >= 11 is 0. The Balaban J connectivity index is 0.000000160. The molecule has 108 valence electrons. The minimum atomic E-state index is -0.427. The average Bonchev–Trinajstić information content (AvgIpc) is 2.55. The first-order valence-corrected chi connectivity index (χ1v) is 6.53. The van der Waals surface area contributed by atoms with Crippen molar-refractivity contribution in [1.29, 1.82) is 0 Å². The molecule has 0 saturated heterocycles. The van der Waals surface area contributed by atoms with Gasteiger partial charge in [0.05, 0.1) is 11.2 Å². The molecule has 0 radical (unpaired) electrons. The number of para-hydroxylation sites is 2. The molecule has 5 heteroatoms. The molecular weight excluding hydrogens is 346 g/mol. The van der Waals surface area contributed by atoms with Crippen LogP contribution >= 0.6 is 0 Å². The third-order valence-electron chi connectivity index (χ3n) is 2.93. The van der Waals surface area contributed by atoms with Gasteiger partial charge in [-0.2, -0.15) is 12.1 Å². The second-order valence-electron chi connectivity index (χ2n) is 4.43. The summed E-state index contributed by atoms with van der Waals surface area (Å²) in [6.07, 6.45) is 0. The fourth-order valence-electron chi connectivity index (χ4n) is 1.92. The van der Waals surface area contributed by atoms with E-state index in [4.69, 9.17) is 8.83 Å². The largest absolute Gasteiger partial charge is 2.00 e. The van der Waals surface area contributed by atoms with Gasteiger partial charge in [-0.05, 0) is 12.1 Å². The molecule has 0 atom stereocenters. The van der Waals surface area contributed by atoms with Crippen LogP contribution in [-0.4, -0.2) is 0 Å². The van der Waals surface area contributed by atoms with Crippen molar-refractivity contribution in [2.24, 2.45) is 0 Å². The van der Waals surface area contributed by atoms with Gasteiger partial charge in [0.1, 0.15) is 0 Å². The number of rotatable bonds is 0. The molecule has 0 spiro atoms. The molecule has 4 aromatic rings. The first-order valence-electron chi connectivity index (χ1n) is 6.53. The molecule has 0 aliphatic rings. The zero-order valence-electron chi connectivity index (χ0n) is 12.1. The normalized spacial score (nSPS) is 9.74. The summed E-state index contributed by atoms with van der Waals surface area (Å²) < 4.78 is 9.70. The van der Waals surface area contributed by atoms with E-state index in [-0.39, 0.29) is 19.5 Å². The van der Waals surface area contributed by atoms with E-state index in [1.165, 1.54) is 0 Å². The molecule has 0 aliphatic carbocycles. The number of hydrogen-bond acceptors (Lipinski definition) is 4. The summed E-state index contributed by atoms with van der Waals surface area (Å²) in [5, 5.41) is 1.79. The van der Waals surface area contributed by atoms with Crippen LogP contribution in [0.4, 0.5) is 0 Å².